The van der Waals surface area contributed by atoms with E-state index in [0.717, 1.165) is 5.82 Å². The Hall–Kier alpha value is -2.30. The SMILES string of the molecule is CC(C)(C)c1nccc(NCc2c(O)cccc2O)n1. The molecule has 3 N–H and O–H groups in total. The highest BCUT2D eigenvalue weighted by Crippen LogP contribution is 2.27. The minimum Gasteiger partial charge on any atom is -0.507 e. The van der Waals surface area contributed by atoms with Crippen molar-refractivity contribution in [2.75, 3.05) is 5.32 Å². The van der Waals surface area contributed by atoms with Crippen molar-refractivity contribution in [3.63, 3.8) is 0 Å². The van der Waals surface area contributed by atoms with Crippen LogP contribution in [0, 0.1) is 0 Å². The van der Waals surface area contributed by atoms with E-state index in [9.17, 15) is 10.2 Å². The summed E-state index contributed by atoms with van der Waals surface area (Å²) < 4.78 is 0. The minimum absolute atomic E-state index is 0.0580. The van der Waals surface area contributed by atoms with Gasteiger partial charge in [0.25, 0.3) is 0 Å². The summed E-state index contributed by atoms with van der Waals surface area (Å²) in [4.78, 5) is 8.68. The van der Waals surface area contributed by atoms with E-state index in [1.54, 1.807) is 18.3 Å². The summed E-state index contributed by atoms with van der Waals surface area (Å²) in [5.41, 5.74) is 0.317. The lowest BCUT2D eigenvalue weighted by atomic mass is 9.96. The Morgan fingerprint density at radius 2 is 1.75 bits per heavy atom. The van der Waals surface area contributed by atoms with E-state index in [1.807, 2.05) is 20.8 Å². The molecule has 0 aliphatic carbocycles. The van der Waals surface area contributed by atoms with Gasteiger partial charge in [-0.1, -0.05) is 26.8 Å². The molecule has 2 aromatic rings. The highest BCUT2D eigenvalue weighted by Gasteiger charge is 2.17. The summed E-state index contributed by atoms with van der Waals surface area (Å²) in [7, 11) is 0. The van der Waals surface area contributed by atoms with E-state index in [4.69, 9.17) is 0 Å². The van der Waals surface area contributed by atoms with Crippen LogP contribution < -0.4 is 5.32 Å². The zero-order chi connectivity index (χ0) is 14.8. The van der Waals surface area contributed by atoms with Crippen LogP contribution in [0.4, 0.5) is 5.82 Å². The van der Waals surface area contributed by atoms with Crippen molar-refractivity contribution >= 4 is 5.82 Å². The summed E-state index contributed by atoms with van der Waals surface area (Å²) in [6.45, 7) is 6.42. The van der Waals surface area contributed by atoms with E-state index in [0.29, 0.717) is 17.9 Å². The van der Waals surface area contributed by atoms with Crippen molar-refractivity contribution in [1.82, 2.24) is 9.97 Å². The van der Waals surface area contributed by atoms with Crippen LogP contribution >= 0.6 is 0 Å². The van der Waals surface area contributed by atoms with Gasteiger partial charge in [0.2, 0.25) is 0 Å². The molecule has 0 spiro atoms. The van der Waals surface area contributed by atoms with Crippen molar-refractivity contribution < 1.29 is 10.2 Å². The molecule has 0 fully saturated rings. The van der Waals surface area contributed by atoms with Crippen LogP contribution in [0.25, 0.3) is 0 Å². The monoisotopic (exact) mass is 273 g/mol. The van der Waals surface area contributed by atoms with Crippen LogP contribution in [-0.4, -0.2) is 20.2 Å². The molecule has 2 rings (SSSR count). The number of hydrogen-bond acceptors (Lipinski definition) is 5. The maximum Gasteiger partial charge on any atom is 0.135 e. The number of anilines is 1. The van der Waals surface area contributed by atoms with Gasteiger partial charge in [-0.15, -0.1) is 0 Å². The normalized spacial score (nSPS) is 11.3. The Balaban J connectivity index is 2.16. The first-order valence-electron chi connectivity index (χ1n) is 6.45. The van der Waals surface area contributed by atoms with Crippen LogP contribution in [0.5, 0.6) is 11.5 Å². The third-order valence-corrected chi connectivity index (χ3v) is 2.90. The fraction of sp³-hybridized carbons (Fsp3) is 0.333. The van der Waals surface area contributed by atoms with Crippen molar-refractivity contribution in [1.29, 1.82) is 0 Å². The Labute approximate surface area is 118 Å². The molecule has 20 heavy (non-hydrogen) atoms. The van der Waals surface area contributed by atoms with Crippen LogP contribution in [0.3, 0.4) is 0 Å². The predicted octanol–water partition coefficient (Wildman–Crippen LogP) is 2.80. The summed E-state index contributed by atoms with van der Waals surface area (Å²) in [5.74, 6) is 1.52. The first-order chi connectivity index (χ1) is 9.38. The van der Waals surface area contributed by atoms with Crippen LogP contribution in [0.2, 0.25) is 0 Å². The van der Waals surface area contributed by atoms with E-state index in [2.05, 4.69) is 15.3 Å². The molecule has 5 heteroatoms. The van der Waals surface area contributed by atoms with Gasteiger partial charge in [0.1, 0.15) is 23.1 Å². The third-order valence-electron chi connectivity index (χ3n) is 2.90. The topological polar surface area (TPSA) is 78.3 Å². The van der Waals surface area contributed by atoms with Gasteiger partial charge >= 0.3 is 0 Å². The zero-order valence-corrected chi connectivity index (χ0v) is 11.9. The fourth-order valence-electron chi connectivity index (χ4n) is 1.74. The number of phenols is 2. The molecule has 0 radical (unpaired) electrons. The highest BCUT2D eigenvalue weighted by molar-refractivity contribution is 5.46. The first-order valence-corrected chi connectivity index (χ1v) is 6.45. The van der Waals surface area contributed by atoms with Gasteiger partial charge in [-0.05, 0) is 18.2 Å². The molecule has 0 saturated carbocycles. The number of nitrogens with one attached hydrogen (secondary N) is 1. The van der Waals surface area contributed by atoms with E-state index in [-0.39, 0.29) is 16.9 Å². The van der Waals surface area contributed by atoms with Gasteiger partial charge in [-0.2, -0.15) is 0 Å². The van der Waals surface area contributed by atoms with Gasteiger partial charge in [0.15, 0.2) is 0 Å². The second kappa shape index (κ2) is 5.36. The lowest BCUT2D eigenvalue weighted by Crippen LogP contribution is -2.16. The number of nitrogens with zero attached hydrogens (tertiary/aromatic N) is 2. The van der Waals surface area contributed by atoms with Gasteiger partial charge in [-0.3, -0.25) is 0 Å². The summed E-state index contributed by atoms with van der Waals surface area (Å²) >= 11 is 0. The average Bonchev–Trinajstić information content (AvgIpc) is 2.37. The van der Waals surface area contributed by atoms with Gasteiger partial charge in [0, 0.05) is 18.2 Å². The number of phenolic OH excluding ortho intramolecular Hbond substituents is 2. The van der Waals surface area contributed by atoms with E-state index in [1.165, 1.54) is 12.1 Å². The molecule has 0 unspecified atom stereocenters. The number of aromatic hydroxyl groups is 2. The molecule has 1 heterocycles. The molecule has 0 atom stereocenters. The Morgan fingerprint density at radius 1 is 1.10 bits per heavy atom. The molecular formula is C15H19N3O2. The number of rotatable bonds is 3. The maximum atomic E-state index is 9.72. The highest BCUT2D eigenvalue weighted by atomic mass is 16.3. The minimum atomic E-state index is -0.130. The zero-order valence-electron chi connectivity index (χ0n) is 11.9. The smallest absolute Gasteiger partial charge is 0.135 e. The molecule has 0 aliphatic heterocycles. The van der Waals surface area contributed by atoms with E-state index < -0.39 is 0 Å². The third kappa shape index (κ3) is 3.17. The molecule has 1 aromatic carbocycles. The van der Waals surface area contributed by atoms with Crippen molar-refractivity contribution in [3.05, 3.63) is 41.9 Å². The lowest BCUT2D eigenvalue weighted by Gasteiger charge is -2.17. The largest absolute Gasteiger partial charge is 0.507 e. The second-order valence-electron chi connectivity index (χ2n) is 5.64. The molecule has 0 saturated heterocycles. The van der Waals surface area contributed by atoms with Crippen molar-refractivity contribution in [2.45, 2.75) is 32.7 Å². The number of benzene rings is 1. The molecule has 1 aromatic heterocycles. The quantitative estimate of drug-likeness (QED) is 0.801. The molecule has 106 valence electrons. The molecule has 0 amide bonds. The predicted molar refractivity (Wildman–Crippen MR) is 77.8 cm³/mol. The van der Waals surface area contributed by atoms with Gasteiger partial charge in [-0.25, -0.2) is 9.97 Å². The van der Waals surface area contributed by atoms with Gasteiger partial charge < -0.3 is 15.5 Å². The number of aromatic nitrogens is 2. The Bertz CT molecular complexity index is 586. The molecule has 5 nitrogen and oxygen atoms in total. The summed E-state index contributed by atoms with van der Waals surface area (Å²) in [6.07, 6.45) is 1.70. The van der Waals surface area contributed by atoms with Crippen LogP contribution in [-0.2, 0) is 12.0 Å². The second-order valence-corrected chi connectivity index (χ2v) is 5.64. The standard InChI is InChI=1S/C15H19N3O2/c1-15(2,3)14-16-8-7-13(18-14)17-9-10-11(19)5-4-6-12(10)20/h4-8,19-20H,9H2,1-3H3,(H,16,17,18). The maximum absolute atomic E-state index is 9.72. The Kier molecular flexibility index (Phi) is 3.79. The van der Waals surface area contributed by atoms with Crippen LogP contribution in [0.15, 0.2) is 30.5 Å². The fourth-order valence-corrected chi connectivity index (χ4v) is 1.74. The molecule has 0 bridgehead atoms. The summed E-state index contributed by atoms with van der Waals surface area (Å²) in [5, 5.41) is 22.5. The Morgan fingerprint density at radius 3 is 2.35 bits per heavy atom. The van der Waals surface area contributed by atoms with E-state index >= 15 is 0 Å². The average molecular weight is 273 g/mol. The molecular weight excluding hydrogens is 254 g/mol. The number of hydrogen-bond donors (Lipinski definition) is 3. The molecule has 0 aliphatic rings. The van der Waals surface area contributed by atoms with Crippen molar-refractivity contribution in [3.8, 4) is 11.5 Å². The summed E-state index contributed by atoms with van der Waals surface area (Å²) in [6, 6.07) is 6.43. The van der Waals surface area contributed by atoms with Gasteiger partial charge in [0.05, 0.1) is 5.56 Å². The van der Waals surface area contributed by atoms with Crippen LogP contribution in [0.1, 0.15) is 32.2 Å². The lowest BCUT2D eigenvalue weighted by molar-refractivity contribution is 0.440. The first kappa shape index (κ1) is 14.1. The van der Waals surface area contributed by atoms with Crippen molar-refractivity contribution in [2.24, 2.45) is 0 Å².